The van der Waals surface area contributed by atoms with Crippen molar-refractivity contribution in [2.45, 2.75) is 19.9 Å². The van der Waals surface area contributed by atoms with Gasteiger partial charge in [-0.3, -0.25) is 4.79 Å². The predicted octanol–water partition coefficient (Wildman–Crippen LogP) is 5.01. The van der Waals surface area contributed by atoms with Gasteiger partial charge in [0.05, 0.1) is 18.5 Å². The van der Waals surface area contributed by atoms with Crippen molar-refractivity contribution in [3.63, 3.8) is 0 Å². The van der Waals surface area contributed by atoms with Gasteiger partial charge in [-0.25, -0.2) is 4.98 Å². The molecule has 6 nitrogen and oxygen atoms in total. The molecule has 4 aromatic rings. The second-order valence-electron chi connectivity index (χ2n) is 6.41. The molecule has 1 N–H and O–H groups in total. The molecule has 0 radical (unpaired) electrons. The lowest BCUT2D eigenvalue weighted by Gasteiger charge is -2.06. The van der Waals surface area contributed by atoms with E-state index in [1.807, 2.05) is 66.9 Å². The van der Waals surface area contributed by atoms with Gasteiger partial charge in [0.1, 0.15) is 5.01 Å². The summed E-state index contributed by atoms with van der Waals surface area (Å²) in [6.07, 6.45) is 0.103. The number of aromatic hydroxyl groups is 1. The number of carbonyl (C=O) groups is 1. The van der Waals surface area contributed by atoms with Crippen molar-refractivity contribution >= 4 is 33.8 Å². The number of para-hydroxylation sites is 1. The Hall–Kier alpha value is -3.32. The number of hydrogen-bond donors (Lipinski definition) is 1. The molecule has 0 atom stereocenters. The lowest BCUT2D eigenvalue weighted by molar-refractivity contribution is -0.117. The Balaban J connectivity index is 1.65. The van der Waals surface area contributed by atoms with Gasteiger partial charge in [0, 0.05) is 16.5 Å². The van der Waals surface area contributed by atoms with E-state index in [0.717, 1.165) is 22.2 Å². The highest BCUT2D eigenvalue weighted by Crippen LogP contribution is 2.39. The summed E-state index contributed by atoms with van der Waals surface area (Å²) in [5.41, 5.74) is 3.07. The smallest absolute Gasteiger partial charge is 0.271 e. The van der Waals surface area contributed by atoms with E-state index < -0.39 is 5.91 Å². The summed E-state index contributed by atoms with van der Waals surface area (Å²) in [4.78, 5) is 16.4. The highest BCUT2D eigenvalue weighted by Gasteiger charge is 2.17. The highest BCUT2D eigenvalue weighted by molar-refractivity contribution is 7.09. The van der Waals surface area contributed by atoms with E-state index in [0.29, 0.717) is 17.2 Å². The van der Waals surface area contributed by atoms with Gasteiger partial charge in [-0.1, -0.05) is 48.5 Å². The molecule has 4 rings (SSSR count). The fourth-order valence-corrected chi connectivity index (χ4v) is 3.81. The number of benzene rings is 2. The van der Waals surface area contributed by atoms with Crippen molar-refractivity contribution in [2.75, 3.05) is 0 Å². The largest absolute Gasteiger partial charge is 0.493 e. The van der Waals surface area contributed by atoms with Gasteiger partial charge in [-0.2, -0.15) is 0 Å². The number of carbonyl (C=O) groups excluding carboxylic acids is 1. The van der Waals surface area contributed by atoms with Gasteiger partial charge in [0.25, 0.3) is 5.91 Å². The van der Waals surface area contributed by atoms with E-state index >= 15 is 0 Å². The minimum absolute atomic E-state index is 0.00769. The van der Waals surface area contributed by atoms with Gasteiger partial charge in [-0.05, 0) is 18.6 Å². The first-order valence-corrected chi connectivity index (χ1v) is 9.69. The summed E-state index contributed by atoms with van der Waals surface area (Å²) in [6.45, 7) is 2.38. The van der Waals surface area contributed by atoms with Crippen molar-refractivity contribution in [3.8, 4) is 5.88 Å². The fraction of sp³-hybridized carbons (Fsp3) is 0.143. The summed E-state index contributed by atoms with van der Waals surface area (Å²) in [5, 5.41) is 22.0. The molecule has 0 saturated carbocycles. The molecule has 0 fully saturated rings. The molecule has 1 amide bonds. The number of aromatic nitrogens is 2. The summed E-state index contributed by atoms with van der Waals surface area (Å²) in [6, 6.07) is 17.4. The number of nitrogens with zero attached hydrogens (tertiary/aromatic N) is 4. The molecule has 2 aromatic heterocycles. The molecule has 0 spiro atoms. The molecular weight excluding hydrogens is 372 g/mol. The van der Waals surface area contributed by atoms with Crippen LogP contribution in [0.25, 0.3) is 10.9 Å². The van der Waals surface area contributed by atoms with Gasteiger partial charge < -0.3 is 9.67 Å². The molecule has 2 aromatic carbocycles. The second-order valence-corrected chi connectivity index (χ2v) is 7.36. The number of amides is 1. The third-order valence-electron chi connectivity index (χ3n) is 4.33. The molecule has 28 heavy (non-hydrogen) atoms. The van der Waals surface area contributed by atoms with Crippen LogP contribution in [0.5, 0.6) is 5.88 Å². The zero-order valence-corrected chi connectivity index (χ0v) is 16.1. The Morgan fingerprint density at radius 3 is 2.64 bits per heavy atom. The number of azo groups is 1. The quantitative estimate of drug-likeness (QED) is 0.486. The van der Waals surface area contributed by atoms with E-state index in [9.17, 15) is 9.90 Å². The Morgan fingerprint density at radius 1 is 1.14 bits per heavy atom. The van der Waals surface area contributed by atoms with Crippen LogP contribution in [0.1, 0.15) is 16.3 Å². The van der Waals surface area contributed by atoms with Crippen molar-refractivity contribution < 1.29 is 9.90 Å². The van der Waals surface area contributed by atoms with Crippen molar-refractivity contribution in [1.82, 2.24) is 9.55 Å². The number of fused-ring (bicyclic) bond motifs is 1. The molecule has 0 aliphatic rings. The van der Waals surface area contributed by atoms with Crippen LogP contribution in [-0.2, 0) is 17.8 Å². The standard InChI is InChI=1S/C21H18N4O2S/c1-14-13-28-19(22-14)11-18(26)23-24-20-16-9-5-6-10-17(16)25(21(20)27)12-15-7-3-2-4-8-15/h2-10,13,27H,11-12H2,1H3. The number of thiazole rings is 1. The lowest BCUT2D eigenvalue weighted by Crippen LogP contribution is -1.98. The van der Waals surface area contributed by atoms with E-state index in [1.54, 1.807) is 4.57 Å². The number of hydrogen-bond acceptors (Lipinski definition) is 5. The molecule has 140 valence electrons. The van der Waals surface area contributed by atoms with Gasteiger partial charge >= 0.3 is 0 Å². The molecule has 0 saturated heterocycles. The average Bonchev–Trinajstić information content (AvgIpc) is 3.22. The highest BCUT2D eigenvalue weighted by atomic mass is 32.1. The zero-order valence-electron chi connectivity index (χ0n) is 15.2. The maximum absolute atomic E-state index is 12.2. The van der Waals surface area contributed by atoms with Crippen LogP contribution >= 0.6 is 11.3 Å². The summed E-state index contributed by atoms with van der Waals surface area (Å²) < 4.78 is 1.77. The predicted molar refractivity (Wildman–Crippen MR) is 109 cm³/mol. The Bertz CT molecular complexity index is 1160. The van der Waals surface area contributed by atoms with Crippen LogP contribution in [0.15, 0.2) is 70.2 Å². The fourth-order valence-electron chi connectivity index (χ4n) is 3.05. The lowest BCUT2D eigenvalue weighted by atomic mass is 10.2. The minimum atomic E-state index is -0.395. The Kier molecular flexibility index (Phi) is 4.99. The normalized spacial score (nSPS) is 11.5. The van der Waals surface area contributed by atoms with Crippen LogP contribution in [0, 0.1) is 6.92 Å². The van der Waals surface area contributed by atoms with E-state index in [2.05, 4.69) is 15.2 Å². The topological polar surface area (TPSA) is 79.8 Å². The van der Waals surface area contributed by atoms with Gasteiger partial charge in [-0.15, -0.1) is 21.6 Å². The first kappa shape index (κ1) is 18.1. The van der Waals surface area contributed by atoms with E-state index in [1.165, 1.54) is 11.3 Å². The first-order chi connectivity index (χ1) is 13.6. The van der Waals surface area contributed by atoms with Crippen molar-refractivity contribution in [3.05, 3.63) is 76.2 Å². The van der Waals surface area contributed by atoms with Crippen LogP contribution in [0.4, 0.5) is 5.69 Å². The number of rotatable bonds is 5. The molecule has 7 heteroatoms. The molecule has 0 unspecified atom stereocenters. The third kappa shape index (κ3) is 3.70. The van der Waals surface area contributed by atoms with Crippen LogP contribution in [0.2, 0.25) is 0 Å². The molecule has 2 heterocycles. The average molecular weight is 390 g/mol. The molecule has 0 bridgehead atoms. The second kappa shape index (κ2) is 7.74. The minimum Gasteiger partial charge on any atom is -0.493 e. The summed E-state index contributed by atoms with van der Waals surface area (Å²) in [7, 11) is 0. The first-order valence-electron chi connectivity index (χ1n) is 8.81. The molecule has 0 aliphatic carbocycles. The third-order valence-corrected chi connectivity index (χ3v) is 5.30. The maximum Gasteiger partial charge on any atom is 0.271 e. The van der Waals surface area contributed by atoms with Crippen LogP contribution < -0.4 is 0 Å². The zero-order chi connectivity index (χ0) is 19.5. The number of aryl methyl sites for hydroxylation is 1. The SMILES string of the molecule is Cc1csc(CC(=O)N=Nc2c(O)n(Cc3ccccc3)c3ccccc23)n1. The van der Waals surface area contributed by atoms with Crippen LogP contribution in [0.3, 0.4) is 0 Å². The summed E-state index contributed by atoms with van der Waals surface area (Å²) >= 11 is 1.42. The molecular formula is C21H18N4O2S. The summed E-state index contributed by atoms with van der Waals surface area (Å²) in [5.74, 6) is -0.402. The van der Waals surface area contributed by atoms with E-state index in [-0.39, 0.29) is 12.3 Å². The van der Waals surface area contributed by atoms with E-state index in [4.69, 9.17) is 0 Å². The monoisotopic (exact) mass is 390 g/mol. The Labute approximate surface area is 165 Å². The van der Waals surface area contributed by atoms with Crippen molar-refractivity contribution in [2.24, 2.45) is 10.2 Å². The maximum atomic E-state index is 12.2. The van der Waals surface area contributed by atoms with Crippen LogP contribution in [-0.4, -0.2) is 20.6 Å². The Morgan fingerprint density at radius 2 is 1.89 bits per heavy atom. The van der Waals surface area contributed by atoms with Gasteiger partial charge in [0.2, 0.25) is 5.88 Å². The molecule has 0 aliphatic heterocycles. The van der Waals surface area contributed by atoms with Crippen molar-refractivity contribution in [1.29, 1.82) is 0 Å². The van der Waals surface area contributed by atoms with Gasteiger partial charge in [0.15, 0.2) is 5.69 Å².